The number of hydrogen-bond donors (Lipinski definition) is 1. The first-order valence-electron chi connectivity index (χ1n) is 7.40. The van der Waals surface area contributed by atoms with E-state index in [1.807, 2.05) is 18.5 Å². The lowest BCUT2D eigenvalue weighted by atomic mass is 10.2. The van der Waals surface area contributed by atoms with Crippen molar-refractivity contribution >= 4 is 0 Å². The molecule has 0 bridgehead atoms. The highest BCUT2D eigenvalue weighted by molar-refractivity contribution is 5.40. The van der Waals surface area contributed by atoms with Crippen molar-refractivity contribution in [3.05, 3.63) is 41.5 Å². The zero-order valence-electron chi connectivity index (χ0n) is 12.8. The lowest BCUT2D eigenvalue weighted by molar-refractivity contribution is 0.584. The average Bonchev–Trinajstić information content (AvgIpc) is 2.88. The molecule has 0 fully saturated rings. The SMILES string of the molecule is CCc1cc(CC)n(-c2ccncc2CNC(C)C)n1. The van der Waals surface area contributed by atoms with E-state index >= 15 is 0 Å². The molecule has 0 unspecified atom stereocenters. The van der Waals surface area contributed by atoms with Crippen molar-refractivity contribution in [2.75, 3.05) is 0 Å². The topological polar surface area (TPSA) is 42.7 Å². The maximum absolute atomic E-state index is 4.72. The molecule has 0 amide bonds. The molecule has 2 aromatic rings. The average molecular weight is 272 g/mol. The Balaban J connectivity index is 2.38. The van der Waals surface area contributed by atoms with Gasteiger partial charge in [-0.15, -0.1) is 0 Å². The van der Waals surface area contributed by atoms with Crippen LogP contribution in [0.25, 0.3) is 5.69 Å². The summed E-state index contributed by atoms with van der Waals surface area (Å²) in [6.45, 7) is 9.42. The van der Waals surface area contributed by atoms with E-state index in [0.717, 1.165) is 30.8 Å². The van der Waals surface area contributed by atoms with Gasteiger partial charge in [0.1, 0.15) is 0 Å². The number of hydrogen-bond acceptors (Lipinski definition) is 3. The number of aryl methyl sites for hydroxylation is 2. The van der Waals surface area contributed by atoms with Crippen LogP contribution in [0.1, 0.15) is 44.6 Å². The number of rotatable bonds is 6. The van der Waals surface area contributed by atoms with E-state index in [2.05, 4.69) is 48.7 Å². The van der Waals surface area contributed by atoms with Crippen molar-refractivity contribution < 1.29 is 0 Å². The van der Waals surface area contributed by atoms with Gasteiger partial charge in [0.15, 0.2) is 0 Å². The van der Waals surface area contributed by atoms with Crippen LogP contribution in [0.2, 0.25) is 0 Å². The molecular formula is C16H24N4. The lowest BCUT2D eigenvalue weighted by Gasteiger charge is -2.13. The number of nitrogens with one attached hydrogen (secondary N) is 1. The van der Waals surface area contributed by atoms with E-state index in [0.29, 0.717) is 6.04 Å². The van der Waals surface area contributed by atoms with Crippen LogP contribution in [0.5, 0.6) is 0 Å². The smallest absolute Gasteiger partial charge is 0.0724 e. The van der Waals surface area contributed by atoms with Crippen LogP contribution >= 0.6 is 0 Å². The summed E-state index contributed by atoms with van der Waals surface area (Å²) in [7, 11) is 0. The summed E-state index contributed by atoms with van der Waals surface area (Å²) in [5.41, 5.74) is 4.70. The molecule has 0 atom stereocenters. The summed E-state index contributed by atoms with van der Waals surface area (Å²) >= 11 is 0. The molecule has 0 aromatic carbocycles. The fourth-order valence-corrected chi connectivity index (χ4v) is 2.18. The fourth-order valence-electron chi connectivity index (χ4n) is 2.18. The van der Waals surface area contributed by atoms with Gasteiger partial charge < -0.3 is 5.32 Å². The molecule has 0 spiro atoms. The largest absolute Gasteiger partial charge is 0.310 e. The van der Waals surface area contributed by atoms with E-state index in [4.69, 9.17) is 5.10 Å². The van der Waals surface area contributed by atoms with Crippen molar-refractivity contribution in [3.63, 3.8) is 0 Å². The molecular weight excluding hydrogens is 248 g/mol. The molecule has 20 heavy (non-hydrogen) atoms. The predicted molar refractivity (Wildman–Crippen MR) is 82.1 cm³/mol. The van der Waals surface area contributed by atoms with Crippen molar-refractivity contribution in [3.8, 4) is 5.69 Å². The zero-order valence-corrected chi connectivity index (χ0v) is 12.8. The highest BCUT2D eigenvalue weighted by Crippen LogP contribution is 2.17. The first-order valence-corrected chi connectivity index (χ1v) is 7.40. The van der Waals surface area contributed by atoms with Crippen molar-refractivity contribution in [1.29, 1.82) is 0 Å². The summed E-state index contributed by atoms with van der Waals surface area (Å²) in [5.74, 6) is 0. The van der Waals surface area contributed by atoms with Crippen LogP contribution in [0.15, 0.2) is 24.5 Å². The molecule has 4 heteroatoms. The minimum absolute atomic E-state index is 0.456. The second-order valence-electron chi connectivity index (χ2n) is 5.29. The Labute approximate surface area is 121 Å². The van der Waals surface area contributed by atoms with Gasteiger partial charge in [0.05, 0.1) is 11.4 Å². The molecule has 2 aromatic heterocycles. The molecule has 0 aliphatic rings. The lowest BCUT2D eigenvalue weighted by Crippen LogP contribution is -2.23. The molecule has 2 heterocycles. The maximum atomic E-state index is 4.72. The van der Waals surface area contributed by atoms with E-state index in [1.165, 1.54) is 11.3 Å². The normalized spacial score (nSPS) is 11.2. The van der Waals surface area contributed by atoms with Crippen LogP contribution in [0.3, 0.4) is 0 Å². The van der Waals surface area contributed by atoms with Crippen molar-refractivity contribution in [1.82, 2.24) is 20.1 Å². The van der Waals surface area contributed by atoms with E-state index in [-0.39, 0.29) is 0 Å². The first kappa shape index (κ1) is 14.7. The molecule has 4 nitrogen and oxygen atoms in total. The highest BCUT2D eigenvalue weighted by atomic mass is 15.3. The Morgan fingerprint density at radius 1 is 1.25 bits per heavy atom. The molecule has 0 radical (unpaired) electrons. The number of aromatic nitrogens is 3. The quantitative estimate of drug-likeness (QED) is 0.879. The summed E-state index contributed by atoms with van der Waals surface area (Å²) in [4.78, 5) is 4.25. The Morgan fingerprint density at radius 2 is 2.05 bits per heavy atom. The predicted octanol–water partition coefficient (Wildman–Crippen LogP) is 2.89. The maximum Gasteiger partial charge on any atom is 0.0724 e. The van der Waals surface area contributed by atoms with E-state index in [9.17, 15) is 0 Å². The number of pyridine rings is 1. The molecule has 0 saturated heterocycles. The van der Waals surface area contributed by atoms with Crippen LogP contribution in [-0.4, -0.2) is 20.8 Å². The number of nitrogens with zero attached hydrogens (tertiary/aromatic N) is 3. The van der Waals surface area contributed by atoms with E-state index < -0.39 is 0 Å². The minimum Gasteiger partial charge on any atom is -0.310 e. The molecule has 0 aliphatic carbocycles. The third-order valence-electron chi connectivity index (χ3n) is 3.36. The third-order valence-corrected chi connectivity index (χ3v) is 3.36. The summed E-state index contributed by atoms with van der Waals surface area (Å²) in [5, 5.41) is 8.17. The van der Waals surface area contributed by atoms with Gasteiger partial charge in [-0.3, -0.25) is 4.98 Å². The van der Waals surface area contributed by atoms with Gasteiger partial charge in [0.25, 0.3) is 0 Å². The Kier molecular flexibility index (Phi) is 4.90. The first-order chi connectivity index (χ1) is 9.65. The second-order valence-corrected chi connectivity index (χ2v) is 5.29. The summed E-state index contributed by atoms with van der Waals surface area (Å²) in [6, 6.07) is 4.70. The van der Waals surface area contributed by atoms with Gasteiger partial charge in [-0.25, -0.2) is 4.68 Å². The minimum atomic E-state index is 0.456. The Morgan fingerprint density at radius 3 is 2.70 bits per heavy atom. The van der Waals surface area contributed by atoms with Crippen LogP contribution in [-0.2, 0) is 19.4 Å². The van der Waals surface area contributed by atoms with Gasteiger partial charge in [-0.05, 0) is 25.0 Å². The van der Waals surface area contributed by atoms with Crippen molar-refractivity contribution in [2.24, 2.45) is 0 Å². The van der Waals surface area contributed by atoms with Gasteiger partial charge >= 0.3 is 0 Å². The molecule has 0 aliphatic heterocycles. The standard InChI is InChI=1S/C16H24N4/c1-5-14-9-15(6-2)20(19-14)16-7-8-17-10-13(16)11-18-12(3)4/h7-10,12,18H,5-6,11H2,1-4H3. The highest BCUT2D eigenvalue weighted by Gasteiger charge is 2.11. The summed E-state index contributed by atoms with van der Waals surface area (Å²) < 4.78 is 2.07. The molecule has 0 saturated carbocycles. The second kappa shape index (κ2) is 6.66. The fraction of sp³-hybridized carbons (Fsp3) is 0.500. The molecule has 108 valence electrons. The van der Waals surface area contributed by atoms with Gasteiger partial charge in [-0.1, -0.05) is 27.7 Å². The van der Waals surface area contributed by atoms with Gasteiger partial charge in [-0.2, -0.15) is 5.10 Å². The summed E-state index contributed by atoms with van der Waals surface area (Å²) in [6.07, 6.45) is 5.70. The van der Waals surface area contributed by atoms with Gasteiger partial charge in [0.2, 0.25) is 0 Å². The van der Waals surface area contributed by atoms with Crippen LogP contribution in [0, 0.1) is 0 Å². The molecule has 1 N–H and O–H groups in total. The van der Waals surface area contributed by atoms with Gasteiger partial charge in [0, 0.05) is 36.2 Å². The third kappa shape index (κ3) is 3.25. The van der Waals surface area contributed by atoms with Crippen molar-refractivity contribution in [2.45, 2.75) is 53.1 Å². The zero-order chi connectivity index (χ0) is 14.5. The monoisotopic (exact) mass is 272 g/mol. The molecule has 2 rings (SSSR count). The Hall–Kier alpha value is -1.68. The van der Waals surface area contributed by atoms with E-state index in [1.54, 1.807) is 0 Å². The van der Waals surface area contributed by atoms with Crippen LogP contribution < -0.4 is 5.32 Å². The van der Waals surface area contributed by atoms with Crippen LogP contribution in [0.4, 0.5) is 0 Å². The Bertz CT molecular complexity index is 557.